The third kappa shape index (κ3) is 3.27. The lowest BCUT2D eigenvalue weighted by Gasteiger charge is -2.24. The van der Waals surface area contributed by atoms with Crippen LogP contribution in [0.5, 0.6) is 0 Å². The van der Waals surface area contributed by atoms with Gasteiger partial charge in [-0.15, -0.1) is 0 Å². The van der Waals surface area contributed by atoms with E-state index in [9.17, 15) is 13.2 Å². The number of rotatable bonds is 3. The summed E-state index contributed by atoms with van der Waals surface area (Å²) in [6.07, 6.45) is 4.20. The molecule has 0 heterocycles. The Hall–Kier alpha value is -0.780. The van der Waals surface area contributed by atoms with E-state index in [-0.39, 0.29) is 27.4 Å². The van der Waals surface area contributed by atoms with Crippen LogP contribution >= 0.6 is 22.3 Å². The minimum atomic E-state index is -3.96. The van der Waals surface area contributed by atoms with Crippen LogP contribution < -0.4 is 0 Å². The second kappa shape index (κ2) is 5.92. The Balaban J connectivity index is 2.31. The fourth-order valence-corrected chi connectivity index (χ4v) is 3.98. The molecule has 0 bridgehead atoms. The number of benzene rings is 1. The summed E-state index contributed by atoms with van der Waals surface area (Å²) in [5, 5.41) is 0.0140. The molecule has 0 aromatic heterocycles. The highest BCUT2D eigenvalue weighted by Gasteiger charge is 2.25. The van der Waals surface area contributed by atoms with Crippen LogP contribution in [0.25, 0.3) is 0 Å². The van der Waals surface area contributed by atoms with E-state index in [4.69, 9.17) is 22.3 Å². The molecule has 20 heavy (non-hydrogen) atoms. The van der Waals surface area contributed by atoms with E-state index in [0.29, 0.717) is 0 Å². The van der Waals surface area contributed by atoms with E-state index in [2.05, 4.69) is 0 Å². The Bertz CT molecular complexity index is 625. The summed E-state index contributed by atoms with van der Waals surface area (Å²) in [6, 6.07) is 4.35. The highest BCUT2D eigenvalue weighted by atomic mass is 35.7. The first-order valence-electron chi connectivity index (χ1n) is 6.32. The van der Waals surface area contributed by atoms with Gasteiger partial charge >= 0.3 is 0 Å². The zero-order valence-corrected chi connectivity index (χ0v) is 13.3. The van der Waals surface area contributed by atoms with Crippen molar-refractivity contribution < 1.29 is 13.2 Å². The normalized spacial score (nSPS) is 16.4. The quantitative estimate of drug-likeness (QED) is 0.796. The van der Waals surface area contributed by atoms with Crippen LogP contribution in [0.3, 0.4) is 0 Å². The first-order valence-corrected chi connectivity index (χ1v) is 9.01. The summed E-state index contributed by atoms with van der Waals surface area (Å²) in [4.78, 5) is 13.8. The van der Waals surface area contributed by atoms with Crippen molar-refractivity contribution in [1.82, 2.24) is 4.90 Å². The summed E-state index contributed by atoms with van der Waals surface area (Å²) in [5.41, 5.74) is 0.281. The Kier molecular flexibility index (Phi) is 4.62. The van der Waals surface area contributed by atoms with E-state index in [1.807, 2.05) is 0 Å². The lowest BCUT2D eigenvalue weighted by atomic mass is 10.1. The summed E-state index contributed by atoms with van der Waals surface area (Å²) < 4.78 is 22.8. The first kappa shape index (κ1) is 15.6. The molecule has 7 heteroatoms. The molecule has 0 atom stereocenters. The van der Waals surface area contributed by atoms with Crippen molar-refractivity contribution in [1.29, 1.82) is 0 Å². The van der Waals surface area contributed by atoms with Crippen LogP contribution in [0.15, 0.2) is 23.1 Å². The average Bonchev–Trinajstić information content (AvgIpc) is 2.90. The number of nitrogens with zero attached hydrogens (tertiary/aromatic N) is 1. The van der Waals surface area contributed by atoms with Crippen LogP contribution in [0, 0.1) is 0 Å². The second-order valence-electron chi connectivity index (χ2n) is 4.94. The molecule has 0 unspecified atom stereocenters. The molecule has 1 aromatic carbocycles. The Morgan fingerprint density at radius 2 is 1.90 bits per heavy atom. The lowest BCUT2D eigenvalue weighted by Crippen LogP contribution is -2.35. The molecule has 1 aliphatic rings. The molecule has 1 fully saturated rings. The van der Waals surface area contributed by atoms with Crippen molar-refractivity contribution in [2.75, 3.05) is 7.05 Å². The topological polar surface area (TPSA) is 54.5 Å². The van der Waals surface area contributed by atoms with Crippen LogP contribution in [0.4, 0.5) is 0 Å². The molecule has 0 radical (unpaired) electrons. The van der Waals surface area contributed by atoms with Crippen molar-refractivity contribution in [2.24, 2.45) is 0 Å². The number of carbonyl (C=O) groups is 1. The standard InChI is InChI=1S/C13H15Cl2NO3S/c1-16(10-4-2-3-5-10)13(17)9-6-7-11(14)12(8-9)20(15,18)19/h6-8,10H,2-5H2,1H3. The van der Waals surface area contributed by atoms with Crippen LogP contribution in [0.1, 0.15) is 36.0 Å². The van der Waals surface area contributed by atoms with Crippen molar-refractivity contribution in [2.45, 2.75) is 36.6 Å². The van der Waals surface area contributed by atoms with Gasteiger partial charge in [0.15, 0.2) is 0 Å². The Morgan fingerprint density at radius 1 is 1.30 bits per heavy atom. The fraction of sp³-hybridized carbons (Fsp3) is 0.462. The Morgan fingerprint density at radius 3 is 2.45 bits per heavy atom. The minimum Gasteiger partial charge on any atom is -0.339 e. The van der Waals surface area contributed by atoms with Crippen molar-refractivity contribution in [3.05, 3.63) is 28.8 Å². The van der Waals surface area contributed by atoms with Gasteiger partial charge in [-0.1, -0.05) is 24.4 Å². The van der Waals surface area contributed by atoms with Gasteiger partial charge in [0.2, 0.25) is 0 Å². The predicted molar refractivity (Wildman–Crippen MR) is 78.8 cm³/mol. The van der Waals surface area contributed by atoms with E-state index >= 15 is 0 Å². The summed E-state index contributed by atoms with van der Waals surface area (Å²) >= 11 is 5.80. The largest absolute Gasteiger partial charge is 0.339 e. The van der Waals surface area contributed by atoms with E-state index < -0.39 is 9.05 Å². The van der Waals surface area contributed by atoms with E-state index in [1.165, 1.54) is 18.2 Å². The van der Waals surface area contributed by atoms with Crippen molar-refractivity contribution in [3.63, 3.8) is 0 Å². The van der Waals surface area contributed by atoms with Crippen LogP contribution in [-0.4, -0.2) is 32.3 Å². The maximum absolute atomic E-state index is 12.4. The maximum Gasteiger partial charge on any atom is 0.262 e. The van der Waals surface area contributed by atoms with E-state index in [0.717, 1.165) is 25.7 Å². The minimum absolute atomic E-state index is 0.0140. The molecule has 1 aromatic rings. The van der Waals surface area contributed by atoms with Gasteiger partial charge in [0.1, 0.15) is 4.90 Å². The first-order chi connectivity index (χ1) is 9.30. The van der Waals surface area contributed by atoms with Gasteiger partial charge in [-0.2, -0.15) is 0 Å². The van der Waals surface area contributed by atoms with Gasteiger partial charge in [0, 0.05) is 29.3 Å². The fourth-order valence-electron chi connectivity index (χ4n) is 2.48. The third-order valence-electron chi connectivity index (χ3n) is 3.63. The number of amides is 1. The summed E-state index contributed by atoms with van der Waals surface area (Å²) in [7, 11) is 3.08. The predicted octanol–water partition coefficient (Wildman–Crippen LogP) is 3.28. The molecule has 1 amide bonds. The third-order valence-corrected chi connectivity index (χ3v) is 5.44. The van der Waals surface area contributed by atoms with Crippen molar-refractivity contribution in [3.8, 4) is 0 Å². The zero-order chi connectivity index (χ0) is 14.9. The number of carbonyl (C=O) groups excluding carboxylic acids is 1. The van der Waals surface area contributed by atoms with Gasteiger partial charge in [-0.05, 0) is 31.0 Å². The SMILES string of the molecule is CN(C(=O)c1ccc(Cl)c(S(=O)(=O)Cl)c1)C1CCCC1. The molecule has 2 rings (SSSR count). The number of hydrogen-bond donors (Lipinski definition) is 0. The molecule has 0 N–H and O–H groups in total. The van der Waals surface area contributed by atoms with Crippen LogP contribution in [-0.2, 0) is 9.05 Å². The molecule has 1 saturated carbocycles. The molecule has 1 aliphatic carbocycles. The zero-order valence-electron chi connectivity index (χ0n) is 11.0. The summed E-state index contributed by atoms with van der Waals surface area (Å²) in [5.74, 6) is -0.213. The van der Waals surface area contributed by atoms with E-state index in [1.54, 1.807) is 11.9 Å². The lowest BCUT2D eigenvalue weighted by molar-refractivity contribution is 0.0735. The average molecular weight is 336 g/mol. The van der Waals surface area contributed by atoms with Gasteiger partial charge in [0.25, 0.3) is 15.0 Å². The van der Waals surface area contributed by atoms with Gasteiger partial charge in [-0.25, -0.2) is 8.42 Å². The Labute approximate surface area is 128 Å². The molecule has 0 spiro atoms. The smallest absolute Gasteiger partial charge is 0.262 e. The van der Waals surface area contributed by atoms with Gasteiger partial charge in [-0.3, -0.25) is 4.79 Å². The molecule has 110 valence electrons. The molecular formula is C13H15Cl2NO3S. The molecular weight excluding hydrogens is 321 g/mol. The maximum atomic E-state index is 12.4. The molecule has 0 aliphatic heterocycles. The highest BCUT2D eigenvalue weighted by Crippen LogP contribution is 2.28. The molecule has 4 nitrogen and oxygen atoms in total. The molecule has 0 saturated heterocycles. The monoisotopic (exact) mass is 335 g/mol. The number of halogens is 2. The van der Waals surface area contributed by atoms with Crippen molar-refractivity contribution >= 4 is 37.2 Å². The highest BCUT2D eigenvalue weighted by molar-refractivity contribution is 8.13. The van der Waals surface area contributed by atoms with Crippen LogP contribution in [0.2, 0.25) is 5.02 Å². The van der Waals surface area contributed by atoms with Gasteiger partial charge < -0.3 is 4.90 Å². The van der Waals surface area contributed by atoms with Gasteiger partial charge in [0.05, 0.1) is 5.02 Å². The summed E-state index contributed by atoms with van der Waals surface area (Å²) in [6.45, 7) is 0. The second-order valence-corrected chi connectivity index (χ2v) is 7.88. The number of hydrogen-bond acceptors (Lipinski definition) is 3.